The zero-order valence-corrected chi connectivity index (χ0v) is 30.2. The summed E-state index contributed by atoms with van der Waals surface area (Å²) in [7, 11) is 0. The highest BCUT2D eigenvalue weighted by Gasteiger charge is 2.53. The van der Waals surface area contributed by atoms with Gasteiger partial charge >= 0.3 is 11.9 Å². The standard InChI is InChI=1S/C37H51NO16/c1-18(40)22-14-23(38-19(2)41)31(54-36-30(45)28(43)24(42)17-49-36)25(15-22)51-37-33(53-35(48)21-11-7-4-8-12-21)32(29(44)27(16-39)52-37)50-26(34(46)47)13-20-9-5-3-6-10-20/h4,7-8,11-12,17,20,22-23,25-33,36-37,39,42-45H,3,5-6,9-10,13-16H2,1-2H3,(H,38,41)(H,46,47)/t22?,23?,25?,26-,27?,28?,29?,30?,31?,32?,33?,36?,37?/m0/s1. The highest BCUT2D eigenvalue weighted by Crippen LogP contribution is 2.37. The predicted octanol–water partition coefficient (Wildman–Crippen LogP) is 0.851. The van der Waals surface area contributed by atoms with Crippen LogP contribution in [0.4, 0.5) is 0 Å². The summed E-state index contributed by atoms with van der Waals surface area (Å²) in [6, 6.07) is 6.86. The summed E-state index contributed by atoms with van der Waals surface area (Å²) in [6.07, 6.45) is -11.8. The van der Waals surface area contributed by atoms with E-state index in [2.05, 4.69) is 5.32 Å². The minimum absolute atomic E-state index is 0.0323. The molecule has 1 saturated heterocycles. The van der Waals surface area contributed by atoms with Crippen LogP contribution in [0, 0.1) is 11.8 Å². The normalized spacial score (nSPS) is 35.2. The number of hydrogen-bond donors (Lipinski definition) is 7. The van der Waals surface area contributed by atoms with E-state index in [1.807, 2.05) is 0 Å². The number of carboxylic acid groups (broad SMARTS) is 1. The molecular formula is C37H51NO16. The summed E-state index contributed by atoms with van der Waals surface area (Å²) in [6.45, 7) is 1.81. The van der Waals surface area contributed by atoms with Gasteiger partial charge in [-0.2, -0.15) is 0 Å². The highest BCUT2D eigenvalue weighted by molar-refractivity contribution is 5.89. The SMILES string of the molecule is CC(=O)NC1CC(C(C)=O)CC(OC2OC(CO)C(O)C(O[C@@H](CC3CCCCC3)C(=O)O)C2OC(=O)c2ccccc2)C1OC1OC=C(O)C(O)C1O. The number of Topliss-reactive ketones (excluding diaryl/α,β-unsaturated/α-hetero) is 1. The van der Waals surface area contributed by atoms with Gasteiger partial charge in [0.05, 0.1) is 24.3 Å². The quantitative estimate of drug-likeness (QED) is 0.130. The Morgan fingerprint density at radius 2 is 1.61 bits per heavy atom. The first kappa shape index (κ1) is 41.5. The Balaban J connectivity index is 1.52. The monoisotopic (exact) mass is 765 g/mol. The van der Waals surface area contributed by atoms with E-state index in [0.29, 0.717) is 0 Å². The molecule has 2 aliphatic heterocycles. The minimum atomic E-state index is -1.80. The van der Waals surface area contributed by atoms with Gasteiger partial charge in [0.1, 0.15) is 48.7 Å². The van der Waals surface area contributed by atoms with Crippen LogP contribution in [0.15, 0.2) is 42.4 Å². The molecule has 12 unspecified atom stereocenters. The lowest BCUT2D eigenvalue weighted by atomic mass is 9.79. The van der Waals surface area contributed by atoms with E-state index in [9.17, 15) is 49.8 Å². The number of ketones is 1. The molecule has 5 rings (SSSR count). The Morgan fingerprint density at radius 3 is 2.24 bits per heavy atom. The number of carboxylic acids is 1. The van der Waals surface area contributed by atoms with Crippen molar-refractivity contribution in [1.29, 1.82) is 0 Å². The number of aliphatic carboxylic acids is 1. The number of ether oxygens (including phenoxy) is 6. The molecule has 0 bridgehead atoms. The Morgan fingerprint density at radius 1 is 0.907 bits per heavy atom. The molecule has 17 nitrogen and oxygen atoms in total. The van der Waals surface area contributed by atoms with Crippen molar-refractivity contribution >= 4 is 23.6 Å². The fourth-order valence-electron chi connectivity index (χ4n) is 7.64. The summed E-state index contributed by atoms with van der Waals surface area (Å²) in [5.41, 5.74) is 0.102. The molecular weight excluding hydrogens is 714 g/mol. The number of amides is 1. The highest BCUT2D eigenvalue weighted by atomic mass is 16.7. The molecule has 4 aliphatic rings. The second-order valence-electron chi connectivity index (χ2n) is 14.5. The third-order valence-electron chi connectivity index (χ3n) is 10.5. The first-order valence-electron chi connectivity index (χ1n) is 18.3. The molecule has 3 fully saturated rings. The van der Waals surface area contributed by atoms with Crippen molar-refractivity contribution in [2.45, 2.75) is 139 Å². The molecule has 13 atom stereocenters. The Kier molecular flexibility index (Phi) is 14.4. The van der Waals surface area contributed by atoms with Gasteiger partial charge in [0.2, 0.25) is 12.2 Å². The lowest BCUT2D eigenvalue weighted by molar-refractivity contribution is -0.336. The van der Waals surface area contributed by atoms with Crippen molar-refractivity contribution in [2.75, 3.05) is 6.61 Å². The largest absolute Gasteiger partial charge is 0.506 e. The molecule has 2 saturated carbocycles. The second kappa shape index (κ2) is 18.8. The van der Waals surface area contributed by atoms with Crippen molar-refractivity contribution < 1.29 is 78.2 Å². The maximum atomic E-state index is 13.6. The number of benzene rings is 1. The molecule has 0 spiro atoms. The molecule has 54 heavy (non-hydrogen) atoms. The summed E-state index contributed by atoms with van der Waals surface area (Å²) in [4.78, 5) is 51.4. The van der Waals surface area contributed by atoms with E-state index in [1.54, 1.807) is 18.2 Å². The Hall–Kier alpha value is -3.68. The summed E-state index contributed by atoms with van der Waals surface area (Å²) in [5.74, 6) is -4.30. The first-order chi connectivity index (χ1) is 25.8. The van der Waals surface area contributed by atoms with E-state index in [0.717, 1.165) is 38.4 Å². The van der Waals surface area contributed by atoms with Crippen molar-refractivity contribution in [3.8, 4) is 0 Å². The van der Waals surface area contributed by atoms with Gasteiger partial charge in [-0.05, 0) is 44.2 Å². The van der Waals surface area contributed by atoms with Crippen molar-refractivity contribution in [2.24, 2.45) is 11.8 Å². The van der Waals surface area contributed by atoms with E-state index in [-0.39, 0.29) is 36.5 Å². The van der Waals surface area contributed by atoms with E-state index in [4.69, 9.17) is 28.4 Å². The van der Waals surface area contributed by atoms with Crippen molar-refractivity contribution in [1.82, 2.24) is 5.32 Å². The zero-order chi connectivity index (χ0) is 39.1. The molecule has 2 aliphatic carbocycles. The minimum Gasteiger partial charge on any atom is -0.506 e. The lowest BCUT2D eigenvalue weighted by Crippen LogP contribution is -2.65. The van der Waals surface area contributed by atoms with Crippen LogP contribution in [0.5, 0.6) is 0 Å². The van der Waals surface area contributed by atoms with Crippen LogP contribution in [-0.4, -0.2) is 134 Å². The van der Waals surface area contributed by atoms with Crippen LogP contribution < -0.4 is 5.32 Å². The molecule has 0 aromatic heterocycles. The molecule has 0 radical (unpaired) electrons. The average molecular weight is 766 g/mol. The molecule has 1 aromatic rings. The molecule has 17 heteroatoms. The van der Waals surface area contributed by atoms with Gasteiger partial charge in [0.15, 0.2) is 24.3 Å². The predicted molar refractivity (Wildman–Crippen MR) is 183 cm³/mol. The van der Waals surface area contributed by atoms with Crippen molar-refractivity contribution in [3.05, 3.63) is 47.9 Å². The lowest BCUT2D eigenvalue weighted by Gasteiger charge is -2.48. The fourth-order valence-corrected chi connectivity index (χ4v) is 7.64. The number of carbonyl (C=O) groups is 4. The van der Waals surface area contributed by atoms with E-state index in [1.165, 1.54) is 26.0 Å². The fraction of sp³-hybridized carbons (Fsp3) is 0.676. The maximum absolute atomic E-state index is 13.6. The third-order valence-corrected chi connectivity index (χ3v) is 10.5. The smallest absolute Gasteiger partial charge is 0.338 e. The number of aliphatic hydroxyl groups is 5. The number of hydrogen-bond acceptors (Lipinski definition) is 15. The molecule has 7 N–H and O–H groups in total. The maximum Gasteiger partial charge on any atom is 0.338 e. The summed E-state index contributed by atoms with van der Waals surface area (Å²) in [5, 5.41) is 65.7. The number of nitrogens with one attached hydrogen (secondary N) is 1. The van der Waals surface area contributed by atoms with Crippen LogP contribution in [0.2, 0.25) is 0 Å². The van der Waals surface area contributed by atoms with Gasteiger partial charge in [-0.15, -0.1) is 0 Å². The van der Waals surface area contributed by atoms with E-state index >= 15 is 0 Å². The van der Waals surface area contributed by atoms with Crippen LogP contribution in [0.25, 0.3) is 0 Å². The Labute approximate surface area is 312 Å². The topological polar surface area (TPSA) is 257 Å². The van der Waals surface area contributed by atoms with Crippen LogP contribution in [0.3, 0.4) is 0 Å². The molecule has 1 aromatic carbocycles. The molecule has 1 amide bonds. The van der Waals surface area contributed by atoms with Crippen LogP contribution >= 0.6 is 0 Å². The Bertz CT molecular complexity index is 1470. The third kappa shape index (κ3) is 10.1. The van der Waals surface area contributed by atoms with Gasteiger partial charge in [-0.3, -0.25) is 9.59 Å². The summed E-state index contributed by atoms with van der Waals surface area (Å²) < 4.78 is 36.0. The zero-order valence-electron chi connectivity index (χ0n) is 30.2. The first-order valence-corrected chi connectivity index (χ1v) is 18.3. The average Bonchev–Trinajstić information content (AvgIpc) is 3.14. The van der Waals surface area contributed by atoms with Crippen LogP contribution in [-0.2, 0) is 42.8 Å². The number of esters is 1. The van der Waals surface area contributed by atoms with Gasteiger partial charge in [-0.25, -0.2) is 9.59 Å². The number of aliphatic hydroxyl groups excluding tert-OH is 5. The van der Waals surface area contributed by atoms with Gasteiger partial charge in [0, 0.05) is 12.8 Å². The molecule has 300 valence electrons. The molecule has 2 heterocycles. The second-order valence-corrected chi connectivity index (χ2v) is 14.5. The van der Waals surface area contributed by atoms with Gasteiger partial charge in [0.25, 0.3) is 0 Å². The van der Waals surface area contributed by atoms with Gasteiger partial charge in [-0.1, -0.05) is 50.3 Å². The van der Waals surface area contributed by atoms with Crippen molar-refractivity contribution in [3.63, 3.8) is 0 Å². The summed E-state index contributed by atoms with van der Waals surface area (Å²) >= 11 is 0. The van der Waals surface area contributed by atoms with Gasteiger partial charge < -0.3 is 64.4 Å². The van der Waals surface area contributed by atoms with E-state index < -0.39 is 110 Å². The number of rotatable bonds is 14. The van der Waals surface area contributed by atoms with Crippen LogP contribution in [0.1, 0.15) is 75.6 Å². The number of carbonyl (C=O) groups excluding carboxylic acids is 3.